The molecular formula is C46H71N7O7. The summed E-state index contributed by atoms with van der Waals surface area (Å²) in [7, 11) is 1.97. The van der Waals surface area contributed by atoms with Gasteiger partial charge in [0.05, 0.1) is 61.0 Å². The molecule has 2 aliphatic carbocycles. The van der Waals surface area contributed by atoms with Crippen molar-refractivity contribution in [1.82, 2.24) is 20.9 Å². The summed E-state index contributed by atoms with van der Waals surface area (Å²) >= 11 is 0. The minimum absolute atomic E-state index is 0.0466. The SMILES string of the molecule is CNCC1CCC2(OC2CCC2CC(N)NC3C2CCCC2C(N)NC(CN4C=C5C=CN=C5C4)CC23)C(=O)OC2C(C1)C1C(CC3OC(C)CC(=O)C3C1O)OC2(C)C. The first-order chi connectivity index (χ1) is 28.8. The molecule has 2 saturated carbocycles. The van der Waals surface area contributed by atoms with Crippen LogP contribution in [0.1, 0.15) is 97.8 Å². The largest absolute Gasteiger partial charge is 0.457 e. The highest BCUT2D eigenvalue weighted by Gasteiger charge is 2.67. The molecule has 19 atom stereocenters. The van der Waals surface area contributed by atoms with Crippen molar-refractivity contribution in [3.63, 3.8) is 0 Å². The summed E-state index contributed by atoms with van der Waals surface area (Å²) in [5.74, 6) is 0.630. The fourth-order valence-electron chi connectivity index (χ4n) is 14.5. The van der Waals surface area contributed by atoms with Gasteiger partial charge in [0.1, 0.15) is 17.5 Å². The molecular weight excluding hydrogens is 763 g/mol. The number of ketones is 1. The quantitative estimate of drug-likeness (QED) is 0.162. The van der Waals surface area contributed by atoms with E-state index in [-0.39, 0.29) is 72.3 Å². The van der Waals surface area contributed by atoms with E-state index in [1.807, 2.05) is 34.0 Å². The van der Waals surface area contributed by atoms with Crippen LogP contribution in [0.15, 0.2) is 29.0 Å². The average Bonchev–Trinajstić information content (AvgIpc) is 3.58. The molecule has 1 spiro atoms. The fourth-order valence-corrected chi connectivity index (χ4v) is 14.5. The van der Waals surface area contributed by atoms with Gasteiger partial charge in [-0.2, -0.15) is 0 Å². The van der Waals surface area contributed by atoms with Crippen LogP contribution in [0.5, 0.6) is 0 Å². The van der Waals surface area contributed by atoms with E-state index in [9.17, 15) is 14.7 Å². The number of aliphatic hydroxyl groups is 1. The highest BCUT2D eigenvalue weighted by atomic mass is 16.7. The van der Waals surface area contributed by atoms with Crippen molar-refractivity contribution in [3.05, 3.63) is 24.0 Å². The van der Waals surface area contributed by atoms with Gasteiger partial charge in [0.2, 0.25) is 0 Å². The number of hydrogen-bond donors (Lipinski definition) is 6. The van der Waals surface area contributed by atoms with E-state index in [0.29, 0.717) is 49.0 Å². The fraction of sp³-hybridized carbons (Fsp3) is 0.848. The van der Waals surface area contributed by atoms with Crippen molar-refractivity contribution >= 4 is 17.5 Å². The Balaban J connectivity index is 0.835. The van der Waals surface area contributed by atoms with Gasteiger partial charge >= 0.3 is 5.97 Å². The van der Waals surface area contributed by atoms with Gasteiger partial charge in [-0.05, 0) is 128 Å². The maximum atomic E-state index is 14.6. The number of piperidine rings is 2. The summed E-state index contributed by atoms with van der Waals surface area (Å²) in [6, 6.07) is 0.589. The molecule has 14 nitrogen and oxygen atoms in total. The molecule has 6 saturated heterocycles. The molecule has 14 heteroatoms. The zero-order chi connectivity index (χ0) is 41.7. The third-order valence-corrected chi connectivity index (χ3v) is 17.1. The Kier molecular flexibility index (Phi) is 11.2. The number of hydrogen-bond acceptors (Lipinski definition) is 14. The Morgan fingerprint density at radius 3 is 2.65 bits per heavy atom. The monoisotopic (exact) mass is 834 g/mol. The number of aliphatic imine (C=N–C) groups is 1. The topological polar surface area (TPSA) is 198 Å². The van der Waals surface area contributed by atoms with Crippen LogP contribution in [0.25, 0.3) is 0 Å². The number of carbonyl (C=O) groups is 2. The molecule has 0 amide bonds. The Hall–Kier alpha value is -2.27. The second kappa shape index (κ2) is 16.1. The average molecular weight is 834 g/mol. The van der Waals surface area contributed by atoms with Crippen molar-refractivity contribution in [2.45, 2.75) is 170 Å². The van der Waals surface area contributed by atoms with Gasteiger partial charge in [-0.1, -0.05) is 6.42 Å². The second-order valence-electron chi connectivity index (χ2n) is 21.3. The number of epoxide rings is 1. The van der Waals surface area contributed by atoms with E-state index in [2.05, 4.69) is 38.1 Å². The van der Waals surface area contributed by atoms with Gasteiger partial charge < -0.3 is 45.7 Å². The highest BCUT2D eigenvalue weighted by Crippen LogP contribution is 2.55. The van der Waals surface area contributed by atoms with Crippen LogP contribution >= 0.6 is 0 Å². The number of nitrogens with one attached hydrogen (secondary N) is 3. The summed E-state index contributed by atoms with van der Waals surface area (Å²) < 4.78 is 26.3. The number of carbonyl (C=O) groups excluding carboxylic acids is 2. The molecule has 8 N–H and O–H groups in total. The lowest BCUT2D eigenvalue weighted by Crippen LogP contribution is -2.67. The van der Waals surface area contributed by atoms with E-state index in [1.165, 1.54) is 5.57 Å². The number of Topliss-reactive ketones (excluding diaryl/α,β-unsaturated/α-hetero) is 1. The lowest BCUT2D eigenvalue weighted by atomic mass is 9.61. The number of nitrogens with zero attached hydrogens (tertiary/aromatic N) is 2. The molecule has 8 heterocycles. The summed E-state index contributed by atoms with van der Waals surface area (Å²) in [6.07, 6.45) is 13.7. The predicted molar refractivity (Wildman–Crippen MR) is 225 cm³/mol. The van der Waals surface area contributed by atoms with E-state index in [0.717, 1.165) is 83.1 Å². The first-order valence-corrected chi connectivity index (χ1v) is 23.6. The van der Waals surface area contributed by atoms with Crippen molar-refractivity contribution in [1.29, 1.82) is 0 Å². The van der Waals surface area contributed by atoms with Gasteiger partial charge in [0.25, 0.3) is 0 Å². The Bertz CT molecular complexity index is 1760. The predicted octanol–water partition coefficient (Wildman–Crippen LogP) is 2.48. The third kappa shape index (κ3) is 7.45. The Morgan fingerprint density at radius 2 is 1.83 bits per heavy atom. The number of ether oxygens (including phenoxy) is 4. The lowest BCUT2D eigenvalue weighted by molar-refractivity contribution is -0.279. The third-order valence-electron chi connectivity index (χ3n) is 17.1. The van der Waals surface area contributed by atoms with Crippen LogP contribution in [-0.2, 0) is 28.5 Å². The van der Waals surface area contributed by atoms with Gasteiger partial charge in [0, 0.05) is 61.3 Å². The summed E-state index contributed by atoms with van der Waals surface area (Å²) in [5, 5.41) is 23.2. The molecule has 0 aromatic heterocycles. The molecule has 0 bridgehead atoms. The molecule has 0 aromatic carbocycles. The smallest absolute Gasteiger partial charge is 0.341 e. The number of aliphatic hydroxyl groups excluding tert-OH is 1. The summed E-state index contributed by atoms with van der Waals surface area (Å²) in [4.78, 5) is 34.9. The minimum atomic E-state index is -0.990. The molecule has 19 unspecified atom stereocenters. The molecule has 0 aromatic rings. The van der Waals surface area contributed by atoms with Crippen LogP contribution in [0.4, 0.5) is 0 Å². The molecule has 0 radical (unpaired) electrons. The first-order valence-electron chi connectivity index (χ1n) is 23.6. The van der Waals surface area contributed by atoms with Crippen molar-refractivity contribution < 1.29 is 33.6 Å². The van der Waals surface area contributed by atoms with Crippen molar-refractivity contribution in [2.24, 2.45) is 63.8 Å². The van der Waals surface area contributed by atoms with E-state index in [1.54, 1.807) is 0 Å². The standard InChI is InChI=1S/C46H71N7O7/c1-23-14-33(54)39-34(57-23)18-35-38(41(39)55)31-15-24(19-49-4)10-12-46(44(56)58-42(31)45(2,3)59-35)36(60-46)9-8-25-16-37(47)52-40-28(25)6-5-7-29-30(40)17-27(51-43(29)48)21-53-20-26-11-13-50-32(26)22-53/h11,13,20,23-25,27-31,34-43,49,51-52,55H,5-10,12,14-19,21-22,47-48H2,1-4H3. The van der Waals surface area contributed by atoms with E-state index >= 15 is 0 Å². The van der Waals surface area contributed by atoms with Gasteiger partial charge in [-0.3, -0.25) is 20.4 Å². The Morgan fingerprint density at radius 1 is 1.00 bits per heavy atom. The van der Waals surface area contributed by atoms with E-state index in [4.69, 9.17) is 30.4 Å². The van der Waals surface area contributed by atoms with Crippen LogP contribution in [0.2, 0.25) is 0 Å². The van der Waals surface area contributed by atoms with E-state index < -0.39 is 29.3 Å². The first kappa shape index (κ1) is 41.7. The number of nitrogens with two attached hydrogens (primary N) is 2. The van der Waals surface area contributed by atoms with Crippen LogP contribution in [0, 0.1) is 47.3 Å². The number of esters is 1. The summed E-state index contributed by atoms with van der Waals surface area (Å²) in [6.45, 7) is 8.49. The van der Waals surface area contributed by atoms with Crippen LogP contribution < -0.4 is 27.4 Å². The summed E-state index contributed by atoms with van der Waals surface area (Å²) in [5.41, 5.74) is 14.4. The van der Waals surface area contributed by atoms with Crippen molar-refractivity contribution in [2.75, 3.05) is 26.7 Å². The molecule has 332 valence electrons. The number of rotatable bonds is 7. The highest BCUT2D eigenvalue weighted by molar-refractivity contribution is 6.07. The molecule has 8 aliphatic heterocycles. The second-order valence-corrected chi connectivity index (χ2v) is 21.3. The normalized spacial score (nSPS) is 49.4. The van der Waals surface area contributed by atoms with Gasteiger partial charge in [-0.15, -0.1) is 0 Å². The van der Waals surface area contributed by atoms with Gasteiger partial charge in [-0.25, -0.2) is 4.79 Å². The molecule has 10 rings (SSSR count). The zero-order valence-corrected chi connectivity index (χ0v) is 36.2. The maximum absolute atomic E-state index is 14.6. The number of fused-ring (bicyclic) bond motifs is 8. The van der Waals surface area contributed by atoms with Crippen LogP contribution in [-0.4, -0.2) is 126 Å². The minimum Gasteiger partial charge on any atom is -0.457 e. The van der Waals surface area contributed by atoms with Crippen LogP contribution in [0.3, 0.4) is 0 Å². The molecule has 8 fully saturated rings. The molecule has 10 aliphatic rings. The Labute approximate surface area is 355 Å². The maximum Gasteiger partial charge on any atom is 0.341 e. The zero-order valence-electron chi connectivity index (χ0n) is 36.2. The number of allylic oxidation sites excluding steroid dienone is 1. The van der Waals surface area contributed by atoms with Gasteiger partial charge in [0.15, 0.2) is 5.60 Å². The molecule has 60 heavy (non-hydrogen) atoms. The lowest BCUT2D eigenvalue weighted by Gasteiger charge is -2.57. The van der Waals surface area contributed by atoms with Crippen molar-refractivity contribution in [3.8, 4) is 0 Å².